The van der Waals surface area contributed by atoms with E-state index in [1.54, 1.807) is 29.0 Å². The number of allylic oxidation sites excluding steroid dienone is 2. The molecular formula is C23H28ClFN4O2. The van der Waals surface area contributed by atoms with Crippen LogP contribution in [0.5, 0.6) is 17.4 Å². The van der Waals surface area contributed by atoms with Gasteiger partial charge in [0.05, 0.1) is 11.2 Å². The molecule has 0 spiro atoms. The summed E-state index contributed by atoms with van der Waals surface area (Å²) in [6, 6.07) is 4.95. The topological polar surface area (TPSA) is 72.2 Å². The van der Waals surface area contributed by atoms with Crippen molar-refractivity contribution in [1.29, 1.82) is 5.41 Å². The van der Waals surface area contributed by atoms with Crippen LogP contribution in [0.15, 0.2) is 36.7 Å². The van der Waals surface area contributed by atoms with Crippen molar-refractivity contribution < 1.29 is 13.9 Å². The molecule has 0 radical (unpaired) electrons. The molecule has 0 bridgehead atoms. The fourth-order valence-electron chi connectivity index (χ4n) is 3.74. The number of ether oxygens (including phenoxy) is 2. The molecule has 4 rings (SSSR count). The Kier molecular flexibility index (Phi) is 6.08. The van der Waals surface area contributed by atoms with Crippen LogP contribution < -0.4 is 20.3 Å². The summed E-state index contributed by atoms with van der Waals surface area (Å²) in [6.45, 7) is 6.19. The molecule has 1 aliphatic heterocycles. The van der Waals surface area contributed by atoms with Gasteiger partial charge in [-0.05, 0) is 63.2 Å². The molecular weight excluding hydrogens is 419 g/mol. The zero-order chi connectivity index (χ0) is 22.1. The number of alkyl halides is 1. The largest absolute Gasteiger partial charge is 0.485 e. The third-order valence-corrected chi connectivity index (χ3v) is 6.09. The van der Waals surface area contributed by atoms with Gasteiger partial charge in [-0.2, -0.15) is 0 Å². The van der Waals surface area contributed by atoms with Crippen LogP contribution in [0, 0.1) is 10.8 Å². The Hall–Kier alpha value is -2.38. The first kappa shape index (κ1) is 21.8. The van der Waals surface area contributed by atoms with Crippen molar-refractivity contribution in [3.8, 4) is 17.4 Å². The van der Waals surface area contributed by atoms with E-state index < -0.39 is 5.67 Å². The van der Waals surface area contributed by atoms with Crippen molar-refractivity contribution in [2.75, 3.05) is 19.7 Å². The minimum Gasteiger partial charge on any atom is -0.485 e. The van der Waals surface area contributed by atoms with Gasteiger partial charge in [0.15, 0.2) is 5.75 Å². The lowest BCUT2D eigenvalue weighted by Gasteiger charge is -2.32. The molecule has 0 amide bonds. The first-order valence-corrected chi connectivity index (χ1v) is 11.0. The standard InChI is InChI=1S/C23H28ClFN4O2/c1-16(12-22(2)7-9-27-10-8-22)29-14-18(3-4-20(29)26)31-21-19(11-17(24)13-28-21)30-15-23(25)5-6-23/h3-4,11-14,26-27H,5-10,15H2,1-2H3/b16-12+,26-20?. The van der Waals surface area contributed by atoms with E-state index in [0.29, 0.717) is 34.9 Å². The normalized spacial score (nSPS) is 19.7. The van der Waals surface area contributed by atoms with E-state index in [1.165, 1.54) is 6.20 Å². The van der Waals surface area contributed by atoms with Gasteiger partial charge in [0.25, 0.3) is 5.88 Å². The van der Waals surface area contributed by atoms with Gasteiger partial charge in [0.1, 0.15) is 23.5 Å². The molecule has 1 saturated carbocycles. The molecule has 8 heteroatoms. The summed E-state index contributed by atoms with van der Waals surface area (Å²) >= 11 is 6.05. The van der Waals surface area contributed by atoms with E-state index in [0.717, 1.165) is 31.6 Å². The summed E-state index contributed by atoms with van der Waals surface area (Å²) < 4.78 is 27.4. The molecule has 0 atom stereocenters. The number of piperidine rings is 1. The van der Waals surface area contributed by atoms with Crippen LogP contribution in [0.2, 0.25) is 5.02 Å². The van der Waals surface area contributed by atoms with Crippen LogP contribution in [-0.4, -0.2) is 34.9 Å². The maximum atomic E-state index is 14.0. The van der Waals surface area contributed by atoms with Gasteiger partial charge >= 0.3 is 0 Å². The van der Waals surface area contributed by atoms with Gasteiger partial charge in [-0.1, -0.05) is 24.6 Å². The summed E-state index contributed by atoms with van der Waals surface area (Å²) in [5.41, 5.74) is 0.151. The summed E-state index contributed by atoms with van der Waals surface area (Å²) in [5.74, 6) is 1.01. The molecule has 2 aromatic heterocycles. The average Bonchev–Trinajstić information content (AvgIpc) is 3.47. The van der Waals surface area contributed by atoms with Gasteiger partial charge < -0.3 is 19.4 Å². The number of halogens is 2. The van der Waals surface area contributed by atoms with Crippen LogP contribution in [0.3, 0.4) is 0 Å². The van der Waals surface area contributed by atoms with Crippen LogP contribution in [0.1, 0.15) is 39.5 Å². The smallest absolute Gasteiger partial charge is 0.262 e. The highest BCUT2D eigenvalue weighted by Gasteiger charge is 2.44. The highest BCUT2D eigenvalue weighted by molar-refractivity contribution is 6.30. The van der Waals surface area contributed by atoms with E-state index in [1.807, 2.05) is 6.92 Å². The zero-order valence-corrected chi connectivity index (χ0v) is 18.6. The minimum absolute atomic E-state index is 0.0493. The number of nitrogens with zero attached hydrogens (tertiary/aromatic N) is 2. The third kappa shape index (κ3) is 5.46. The lowest BCUT2D eigenvalue weighted by atomic mass is 9.80. The first-order chi connectivity index (χ1) is 14.8. The summed E-state index contributed by atoms with van der Waals surface area (Å²) in [4.78, 5) is 4.22. The fourth-order valence-corrected chi connectivity index (χ4v) is 3.88. The van der Waals surface area contributed by atoms with Gasteiger partial charge in [-0.3, -0.25) is 5.41 Å². The van der Waals surface area contributed by atoms with Gasteiger partial charge in [0.2, 0.25) is 0 Å². The van der Waals surface area contributed by atoms with Crippen molar-refractivity contribution in [2.24, 2.45) is 5.41 Å². The maximum Gasteiger partial charge on any atom is 0.262 e. The predicted octanol–water partition coefficient (Wildman–Crippen LogP) is 4.94. The van der Waals surface area contributed by atoms with Gasteiger partial charge in [-0.25, -0.2) is 9.37 Å². The summed E-state index contributed by atoms with van der Waals surface area (Å²) in [7, 11) is 0. The third-order valence-electron chi connectivity index (χ3n) is 5.88. The maximum absolute atomic E-state index is 14.0. The van der Waals surface area contributed by atoms with Gasteiger partial charge in [-0.15, -0.1) is 0 Å². The molecule has 6 nitrogen and oxygen atoms in total. The first-order valence-electron chi connectivity index (χ1n) is 10.6. The van der Waals surface area contributed by atoms with E-state index in [9.17, 15) is 4.39 Å². The lowest BCUT2D eigenvalue weighted by molar-refractivity contribution is 0.173. The molecule has 1 saturated heterocycles. The molecule has 31 heavy (non-hydrogen) atoms. The summed E-state index contributed by atoms with van der Waals surface area (Å²) in [5, 5.41) is 12.1. The number of rotatable bonds is 7. The van der Waals surface area contributed by atoms with Crippen LogP contribution >= 0.6 is 11.6 Å². The molecule has 2 aromatic rings. The Morgan fingerprint density at radius 3 is 2.77 bits per heavy atom. The Bertz CT molecular complexity index is 1040. The molecule has 0 unspecified atom stereocenters. The van der Waals surface area contributed by atoms with Crippen molar-refractivity contribution in [3.63, 3.8) is 0 Å². The number of pyridine rings is 2. The molecule has 166 valence electrons. The number of nitrogens with one attached hydrogen (secondary N) is 2. The Labute approximate surface area is 186 Å². The van der Waals surface area contributed by atoms with Crippen molar-refractivity contribution in [3.05, 3.63) is 47.2 Å². The molecule has 2 N–H and O–H groups in total. The predicted molar refractivity (Wildman–Crippen MR) is 118 cm³/mol. The number of hydrogen-bond donors (Lipinski definition) is 2. The molecule has 1 aliphatic carbocycles. The van der Waals surface area contributed by atoms with Crippen molar-refractivity contribution >= 4 is 17.3 Å². The Balaban J connectivity index is 1.57. The highest BCUT2D eigenvalue weighted by Crippen LogP contribution is 2.41. The van der Waals surface area contributed by atoms with E-state index in [4.69, 9.17) is 26.5 Å². The van der Waals surface area contributed by atoms with E-state index >= 15 is 0 Å². The lowest BCUT2D eigenvalue weighted by Crippen LogP contribution is -2.34. The number of hydrogen-bond acceptors (Lipinski definition) is 5. The van der Waals surface area contributed by atoms with Crippen molar-refractivity contribution in [2.45, 2.75) is 45.2 Å². The average molecular weight is 447 g/mol. The fraction of sp³-hybridized carbons (Fsp3) is 0.478. The minimum atomic E-state index is -1.26. The second-order valence-corrected chi connectivity index (χ2v) is 9.24. The van der Waals surface area contributed by atoms with Crippen molar-refractivity contribution in [1.82, 2.24) is 14.9 Å². The van der Waals surface area contributed by atoms with Crippen LogP contribution in [-0.2, 0) is 0 Å². The van der Waals surface area contributed by atoms with E-state index in [2.05, 4.69) is 23.3 Å². The van der Waals surface area contributed by atoms with Crippen LogP contribution in [0.25, 0.3) is 5.70 Å². The highest BCUT2D eigenvalue weighted by atomic mass is 35.5. The zero-order valence-electron chi connectivity index (χ0n) is 17.9. The Morgan fingerprint density at radius 2 is 2.06 bits per heavy atom. The SMILES string of the molecule is C/C(=C\C1(C)CCNCC1)n1cc(Oc2ncc(Cl)cc2OCC2(F)CC2)ccc1=N. The molecule has 2 fully saturated rings. The van der Waals surface area contributed by atoms with Crippen LogP contribution in [0.4, 0.5) is 4.39 Å². The van der Waals surface area contributed by atoms with Gasteiger partial charge in [0, 0.05) is 18.0 Å². The Morgan fingerprint density at radius 1 is 1.32 bits per heavy atom. The molecule has 3 heterocycles. The molecule has 0 aromatic carbocycles. The summed E-state index contributed by atoms with van der Waals surface area (Å²) in [6.07, 6.45) is 8.57. The second-order valence-electron chi connectivity index (χ2n) is 8.81. The quantitative estimate of drug-likeness (QED) is 0.631. The monoisotopic (exact) mass is 446 g/mol. The second kappa shape index (κ2) is 8.63. The molecule has 2 aliphatic rings. The number of aromatic nitrogens is 2. The van der Waals surface area contributed by atoms with E-state index in [-0.39, 0.29) is 17.9 Å².